The maximum Gasteiger partial charge on any atom is 0.310 e. The molecule has 1 rings (SSSR count). The van der Waals surface area contributed by atoms with E-state index in [1.807, 2.05) is 0 Å². The van der Waals surface area contributed by atoms with E-state index in [0.717, 1.165) is 6.07 Å². The topological polar surface area (TPSA) is 52.3 Å². The van der Waals surface area contributed by atoms with Gasteiger partial charge in [-0.3, -0.25) is 4.79 Å². The molecule has 0 aliphatic rings. The Morgan fingerprint density at radius 2 is 2.29 bits per heavy atom. The second-order valence-electron chi connectivity index (χ2n) is 2.63. The van der Waals surface area contributed by atoms with Crippen LogP contribution in [0.3, 0.4) is 0 Å². The third kappa shape index (κ3) is 2.35. The van der Waals surface area contributed by atoms with Crippen LogP contribution in [0.5, 0.6) is 5.75 Å². The molecule has 2 N–H and O–H groups in total. The molecule has 1 aromatic carbocycles. The van der Waals surface area contributed by atoms with Crippen molar-refractivity contribution in [1.29, 1.82) is 0 Å². The Morgan fingerprint density at radius 3 is 2.86 bits per heavy atom. The van der Waals surface area contributed by atoms with Gasteiger partial charge in [-0.1, -0.05) is 18.5 Å². The number of esters is 1. The van der Waals surface area contributed by atoms with Crippen molar-refractivity contribution in [3.63, 3.8) is 0 Å². The minimum Gasteiger partial charge on any atom is -0.423 e. The van der Waals surface area contributed by atoms with Crippen LogP contribution in [0.2, 0.25) is 5.02 Å². The summed E-state index contributed by atoms with van der Waals surface area (Å²) in [6.45, 7) is 1.61. The Hall–Kier alpha value is -1.29. The number of hydrogen-bond donors (Lipinski definition) is 1. The van der Waals surface area contributed by atoms with Crippen LogP contribution in [0, 0.1) is 5.82 Å². The summed E-state index contributed by atoms with van der Waals surface area (Å²) in [5.74, 6) is -1.42. The van der Waals surface area contributed by atoms with E-state index < -0.39 is 11.8 Å². The van der Waals surface area contributed by atoms with Gasteiger partial charge < -0.3 is 10.5 Å². The van der Waals surface area contributed by atoms with Crippen LogP contribution in [0.25, 0.3) is 0 Å². The number of benzene rings is 1. The molecule has 0 aliphatic carbocycles. The molecule has 0 atom stereocenters. The number of carbonyl (C=O) groups excluding carboxylic acids is 1. The lowest BCUT2D eigenvalue weighted by Gasteiger charge is -2.05. The van der Waals surface area contributed by atoms with E-state index in [1.165, 1.54) is 6.07 Å². The highest BCUT2D eigenvalue weighted by Gasteiger charge is 2.10. The smallest absolute Gasteiger partial charge is 0.310 e. The van der Waals surface area contributed by atoms with E-state index in [2.05, 4.69) is 4.74 Å². The first kappa shape index (κ1) is 10.8. The zero-order valence-corrected chi connectivity index (χ0v) is 8.27. The lowest BCUT2D eigenvalue weighted by molar-refractivity contribution is -0.134. The van der Waals surface area contributed by atoms with Crippen LogP contribution in [-0.4, -0.2) is 5.97 Å². The average molecular weight is 218 g/mol. The molecule has 0 radical (unpaired) electrons. The second kappa shape index (κ2) is 4.28. The van der Waals surface area contributed by atoms with E-state index in [1.54, 1.807) is 6.92 Å². The molecule has 76 valence electrons. The van der Waals surface area contributed by atoms with Crippen LogP contribution >= 0.6 is 11.6 Å². The Kier molecular flexibility index (Phi) is 3.30. The molecule has 0 aliphatic heterocycles. The van der Waals surface area contributed by atoms with Crippen molar-refractivity contribution in [3.05, 3.63) is 23.0 Å². The molecule has 3 nitrogen and oxygen atoms in total. The summed E-state index contributed by atoms with van der Waals surface area (Å²) in [4.78, 5) is 10.9. The van der Waals surface area contributed by atoms with E-state index in [4.69, 9.17) is 17.3 Å². The van der Waals surface area contributed by atoms with Gasteiger partial charge in [0.1, 0.15) is 0 Å². The summed E-state index contributed by atoms with van der Waals surface area (Å²) in [5.41, 5.74) is 5.45. The lowest BCUT2D eigenvalue weighted by Crippen LogP contribution is -2.07. The molecule has 0 spiro atoms. The highest BCUT2D eigenvalue weighted by Crippen LogP contribution is 2.27. The van der Waals surface area contributed by atoms with Gasteiger partial charge in [-0.05, 0) is 0 Å². The zero-order chi connectivity index (χ0) is 10.7. The first-order valence-corrected chi connectivity index (χ1v) is 4.37. The molecular weight excluding hydrogens is 209 g/mol. The quantitative estimate of drug-likeness (QED) is 0.470. The van der Waals surface area contributed by atoms with Gasteiger partial charge in [0.15, 0.2) is 11.6 Å². The van der Waals surface area contributed by atoms with E-state index >= 15 is 0 Å². The number of anilines is 1. The molecule has 0 fully saturated rings. The lowest BCUT2D eigenvalue weighted by atomic mass is 10.3. The van der Waals surface area contributed by atoms with E-state index in [0.29, 0.717) is 0 Å². The molecule has 0 saturated carbocycles. The van der Waals surface area contributed by atoms with Gasteiger partial charge in [0.2, 0.25) is 0 Å². The maximum absolute atomic E-state index is 13.1. The van der Waals surface area contributed by atoms with Crippen molar-refractivity contribution in [3.8, 4) is 5.75 Å². The molecule has 0 bridgehead atoms. The van der Waals surface area contributed by atoms with Gasteiger partial charge in [0.05, 0.1) is 10.7 Å². The molecule has 0 amide bonds. The second-order valence-corrected chi connectivity index (χ2v) is 3.04. The van der Waals surface area contributed by atoms with Crippen molar-refractivity contribution in [2.45, 2.75) is 13.3 Å². The van der Waals surface area contributed by atoms with Gasteiger partial charge in [0, 0.05) is 18.6 Å². The number of carbonyl (C=O) groups is 1. The predicted octanol–water partition coefficient (Wildman–Crippen LogP) is 2.38. The number of hydrogen-bond acceptors (Lipinski definition) is 3. The molecular formula is C9H9ClFNO2. The minimum absolute atomic E-state index is 0.112. The van der Waals surface area contributed by atoms with Crippen molar-refractivity contribution >= 4 is 23.3 Å². The largest absolute Gasteiger partial charge is 0.423 e. The van der Waals surface area contributed by atoms with Gasteiger partial charge in [-0.2, -0.15) is 0 Å². The average Bonchev–Trinajstić information content (AvgIpc) is 2.14. The zero-order valence-electron chi connectivity index (χ0n) is 7.51. The van der Waals surface area contributed by atoms with E-state index in [-0.39, 0.29) is 22.9 Å². The van der Waals surface area contributed by atoms with Crippen LogP contribution < -0.4 is 10.5 Å². The third-order valence-electron chi connectivity index (χ3n) is 1.56. The van der Waals surface area contributed by atoms with Gasteiger partial charge in [0.25, 0.3) is 0 Å². The highest BCUT2D eigenvalue weighted by molar-refractivity contribution is 6.33. The Balaban J connectivity index is 2.98. The molecule has 0 unspecified atom stereocenters. The number of nitrogen functional groups attached to an aromatic ring is 1. The van der Waals surface area contributed by atoms with Crippen LogP contribution in [0.4, 0.5) is 10.1 Å². The molecule has 14 heavy (non-hydrogen) atoms. The van der Waals surface area contributed by atoms with Crippen molar-refractivity contribution in [2.75, 3.05) is 5.73 Å². The number of rotatable bonds is 2. The molecule has 1 aromatic rings. The number of ether oxygens (including phenoxy) is 1. The fraction of sp³-hybridized carbons (Fsp3) is 0.222. The maximum atomic E-state index is 13.1. The Bertz CT molecular complexity index is 368. The fourth-order valence-corrected chi connectivity index (χ4v) is 0.971. The summed E-state index contributed by atoms with van der Waals surface area (Å²) < 4.78 is 17.8. The summed E-state index contributed by atoms with van der Waals surface area (Å²) in [7, 11) is 0. The van der Waals surface area contributed by atoms with Gasteiger partial charge in [-0.15, -0.1) is 0 Å². The first-order chi connectivity index (χ1) is 6.54. The number of nitrogens with two attached hydrogens (primary N) is 1. The van der Waals surface area contributed by atoms with Crippen LogP contribution in [-0.2, 0) is 4.79 Å². The Labute approximate surface area is 85.6 Å². The summed E-state index contributed by atoms with van der Waals surface area (Å²) in [6, 6.07) is 2.19. The van der Waals surface area contributed by atoms with Gasteiger partial charge >= 0.3 is 5.97 Å². The van der Waals surface area contributed by atoms with Gasteiger partial charge in [-0.25, -0.2) is 4.39 Å². The third-order valence-corrected chi connectivity index (χ3v) is 1.89. The fourth-order valence-electron chi connectivity index (χ4n) is 0.817. The number of halogens is 2. The summed E-state index contributed by atoms with van der Waals surface area (Å²) >= 11 is 5.63. The SMILES string of the molecule is CCC(=O)Oc1cc(Cl)c(N)cc1F. The monoisotopic (exact) mass is 217 g/mol. The molecule has 0 heterocycles. The van der Waals surface area contributed by atoms with Crippen LogP contribution in [0.15, 0.2) is 12.1 Å². The summed E-state index contributed by atoms with van der Waals surface area (Å²) in [5, 5.41) is 0.158. The van der Waals surface area contributed by atoms with E-state index in [9.17, 15) is 9.18 Å². The highest BCUT2D eigenvalue weighted by atomic mass is 35.5. The first-order valence-electron chi connectivity index (χ1n) is 3.99. The van der Waals surface area contributed by atoms with Crippen molar-refractivity contribution in [1.82, 2.24) is 0 Å². The predicted molar refractivity (Wildman–Crippen MR) is 51.7 cm³/mol. The van der Waals surface area contributed by atoms with Crippen molar-refractivity contribution < 1.29 is 13.9 Å². The molecule has 0 aromatic heterocycles. The molecule has 0 saturated heterocycles. The van der Waals surface area contributed by atoms with Crippen molar-refractivity contribution in [2.24, 2.45) is 0 Å². The summed E-state index contributed by atoms with van der Waals surface area (Å²) in [6.07, 6.45) is 0.168. The Morgan fingerprint density at radius 1 is 1.64 bits per heavy atom. The molecule has 5 heteroatoms. The van der Waals surface area contributed by atoms with Crippen LogP contribution in [0.1, 0.15) is 13.3 Å². The standard InChI is InChI=1S/C9H9ClFNO2/c1-2-9(13)14-8-3-5(10)7(12)4-6(8)11/h3-4H,2,12H2,1H3. The normalized spacial score (nSPS) is 9.93. The minimum atomic E-state index is -0.700.